The van der Waals surface area contributed by atoms with E-state index in [0.717, 1.165) is 16.7 Å². The van der Waals surface area contributed by atoms with Crippen LogP contribution in [0.3, 0.4) is 0 Å². The summed E-state index contributed by atoms with van der Waals surface area (Å²) in [6, 6.07) is 24.2. The number of benzene rings is 3. The van der Waals surface area contributed by atoms with Gasteiger partial charge in [0, 0.05) is 0 Å². The maximum atomic E-state index is 11.9. The van der Waals surface area contributed by atoms with Gasteiger partial charge in [0.25, 0.3) is 11.3 Å². The second-order valence-corrected chi connectivity index (χ2v) is 6.77. The Morgan fingerprint density at radius 2 is 1.63 bits per heavy atom. The first-order valence-corrected chi connectivity index (χ1v) is 9.36. The summed E-state index contributed by atoms with van der Waals surface area (Å²) >= 11 is -2.21. The predicted octanol–water partition coefficient (Wildman–Crippen LogP) is 4.28. The SMILES string of the molecule is COC(=O)c1cccc(CN(c2ccc(-c3ccccc3)cc2)S(=O)O)c1. The lowest BCUT2D eigenvalue weighted by atomic mass is 10.1. The van der Waals surface area contributed by atoms with E-state index in [0.29, 0.717) is 11.3 Å². The maximum absolute atomic E-state index is 11.9. The van der Waals surface area contributed by atoms with E-state index in [4.69, 9.17) is 4.74 Å². The van der Waals surface area contributed by atoms with Crippen molar-refractivity contribution >= 4 is 22.9 Å². The highest BCUT2D eigenvalue weighted by Gasteiger charge is 2.15. The van der Waals surface area contributed by atoms with E-state index in [1.54, 1.807) is 36.4 Å². The summed E-state index contributed by atoms with van der Waals surface area (Å²) in [4.78, 5) is 11.7. The molecular weight excluding hydrogens is 362 g/mol. The van der Waals surface area contributed by atoms with Gasteiger partial charge in [0.05, 0.1) is 24.9 Å². The lowest BCUT2D eigenvalue weighted by molar-refractivity contribution is 0.0600. The Labute approximate surface area is 160 Å². The summed E-state index contributed by atoms with van der Waals surface area (Å²) in [5.41, 5.74) is 3.84. The van der Waals surface area contributed by atoms with Gasteiger partial charge in [0.15, 0.2) is 0 Å². The van der Waals surface area contributed by atoms with Crippen LogP contribution in [0, 0.1) is 0 Å². The zero-order valence-electron chi connectivity index (χ0n) is 14.7. The van der Waals surface area contributed by atoms with Crippen LogP contribution in [0.4, 0.5) is 5.69 Å². The molecule has 1 atom stereocenters. The first kappa shape index (κ1) is 18.8. The quantitative estimate of drug-likeness (QED) is 0.511. The van der Waals surface area contributed by atoms with Gasteiger partial charge in [-0.25, -0.2) is 9.00 Å². The number of methoxy groups -OCH3 is 1. The summed E-state index contributed by atoms with van der Waals surface area (Å²) in [7, 11) is 1.32. The van der Waals surface area contributed by atoms with Crippen LogP contribution in [0.5, 0.6) is 0 Å². The minimum Gasteiger partial charge on any atom is -0.465 e. The van der Waals surface area contributed by atoms with Crippen LogP contribution in [0.1, 0.15) is 15.9 Å². The molecular formula is C21H19NO4S. The maximum Gasteiger partial charge on any atom is 0.337 e. The van der Waals surface area contributed by atoms with Gasteiger partial charge in [-0.15, -0.1) is 0 Å². The van der Waals surface area contributed by atoms with Crippen molar-refractivity contribution in [2.45, 2.75) is 6.54 Å². The molecule has 0 heterocycles. The molecule has 3 rings (SSSR count). The Morgan fingerprint density at radius 1 is 0.963 bits per heavy atom. The molecule has 0 saturated carbocycles. The molecule has 0 aliphatic heterocycles. The van der Waals surface area contributed by atoms with Gasteiger partial charge < -0.3 is 4.74 Å². The normalized spacial score (nSPS) is 11.6. The van der Waals surface area contributed by atoms with Crippen LogP contribution in [-0.4, -0.2) is 21.8 Å². The van der Waals surface area contributed by atoms with Crippen molar-refractivity contribution in [2.24, 2.45) is 0 Å². The third kappa shape index (κ3) is 4.61. The lowest BCUT2D eigenvalue weighted by Gasteiger charge is -2.20. The number of nitrogens with zero attached hydrogens (tertiary/aromatic N) is 1. The van der Waals surface area contributed by atoms with E-state index in [2.05, 4.69) is 0 Å². The van der Waals surface area contributed by atoms with Gasteiger partial charge in [-0.2, -0.15) is 0 Å². The second kappa shape index (κ2) is 8.62. The van der Waals surface area contributed by atoms with Crippen LogP contribution in [0.25, 0.3) is 11.1 Å². The number of anilines is 1. The minimum absolute atomic E-state index is 0.179. The van der Waals surface area contributed by atoms with Crippen LogP contribution in [-0.2, 0) is 22.5 Å². The van der Waals surface area contributed by atoms with Crippen molar-refractivity contribution in [3.05, 3.63) is 90.0 Å². The smallest absolute Gasteiger partial charge is 0.337 e. The molecule has 0 bridgehead atoms. The molecule has 0 spiro atoms. The van der Waals surface area contributed by atoms with Crippen LogP contribution < -0.4 is 4.31 Å². The predicted molar refractivity (Wildman–Crippen MR) is 107 cm³/mol. The monoisotopic (exact) mass is 381 g/mol. The van der Waals surface area contributed by atoms with E-state index in [1.165, 1.54) is 11.4 Å². The molecule has 0 aliphatic carbocycles. The van der Waals surface area contributed by atoms with Crippen molar-refractivity contribution in [2.75, 3.05) is 11.4 Å². The molecule has 1 unspecified atom stereocenters. The van der Waals surface area contributed by atoms with Crippen molar-refractivity contribution in [1.29, 1.82) is 0 Å². The second-order valence-electron chi connectivity index (χ2n) is 5.87. The Morgan fingerprint density at radius 3 is 2.26 bits per heavy atom. The average molecular weight is 381 g/mol. The molecule has 3 aromatic rings. The highest BCUT2D eigenvalue weighted by Crippen LogP contribution is 2.25. The first-order valence-electron chi connectivity index (χ1n) is 8.30. The number of ether oxygens (including phenoxy) is 1. The molecule has 0 amide bonds. The Kier molecular flexibility index (Phi) is 6.01. The third-order valence-electron chi connectivity index (χ3n) is 4.13. The van der Waals surface area contributed by atoms with Gasteiger partial charge in [-0.1, -0.05) is 54.6 Å². The number of carbonyl (C=O) groups excluding carboxylic acids is 1. The van der Waals surface area contributed by atoms with Crippen LogP contribution in [0.2, 0.25) is 0 Å². The molecule has 3 aromatic carbocycles. The molecule has 27 heavy (non-hydrogen) atoms. The Hall–Kier alpha value is -2.96. The zero-order valence-corrected chi connectivity index (χ0v) is 15.6. The third-order valence-corrected chi connectivity index (χ3v) is 4.84. The Bertz CT molecular complexity index is 942. The van der Waals surface area contributed by atoms with Gasteiger partial charge in [0.1, 0.15) is 0 Å². The van der Waals surface area contributed by atoms with E-state index >= 15 is 0 Å². The number of esters is 1. The largest absolute Gasteiger partial charge is 0.465 e. The molecule has 0 saturated heterocycles. The molecule has 1 N–H and O–H groups in total. The first-order chi connectivity index (χ1) is 13.1. The highest BCUT2D eigenvalue weighted by atomic mass is 32.2. The molecule has 138 valence electrons. The van der Waals surface area contributed by atoms with Crippen LogP contribution in [0.15, 0.2) is 78.9 Å². The van der Waals surface area contributed by atoms with Crippen molar-refractivity contribution in [3.63, 3.8) is 0 Å². The van der Waals surface area contributed by atoms with Crippen molar-refractivity contribution < 1.29 is 18.3 Å². The molecule has 6 heteroatoms. The van der Waals surface area contributed by atoms with Gasteiger partial charge >= 0.3 is 5.97 Å². The van der Waals surface area contributed by atoms with Crippen molar-refractivity contribution in [3.8, 4) is 11.1 Å². The van der Waals surface area contributed by atoms with Crippen molar-refractivity contribution in [1.82, 2.24) is 0 Å². The number of hydrogen-bond acceptors (Lipinski definition) is 3. The summed E-state index contributed by atoms with van der Waals surface area (Å²) < 4.78 is 27.7. The standard InChI is InChI=1S/C21H19NO4S/c1-26-21(23)19-9-5-6-16(14-19)15-22(27(24)25)20-12-10-18(11-13-20)17-7-3-2-4-8-17/h2-14H,15H2,1H3,(H,24,25). The molecule has 0 radical (unpaired) electrons. The molecule has 0 aromatic heterocycles. The molecule has 0 aliphatic rings. The fraction of sp³-hybridized carbons (Fsp3) is 0.0952. The number of hydrogen-bond donors (Lipinski definition) is 1. The van der Waals surface area contributed by atoms with Crippen LogP contribution >= 0.6 is 0 Å². The molecule has 0 fully saturated rings. The summed E-state index contributed by atoms with van der Waals surface area (Å²) in [5.74, 6) is -0.444. The number of rotatable bonds is 6. The van der Waals surface area contributed by atoms with Gasteiger partial charge in [-0.3, -0.25) is 8.86 Å². The fourth-order valence-corrected chi connectivity index (χ4v) is 3.33. The summed E-state index contributed by atoms with van der Waals surface area (Å²) in [5, 5.41) is 0. The van der Waals surface area contributed by atoms with E-state index in [-0.39, 0.29) is 6.54 Å². The zero-order chi connectivity index (χ0) is 19.2. The van der Waals surface area contributed by atoms with Gasteiger partial charge in [-0.05, 0) is 41.0 Å². The number of carbonyl (C=O) groups is 1. The summed E-state index contributed by atoms with van der Waals surface area (Å²) in [6.07, 6.45) is 0. The molecule has 5 nitrogen and oxygen atoms in total. The fourth-order valence-electron chi connectivity index (χ4n) is 2.77. The average Bonchev–Trinajstić information content (AvgIpc) is 2.72. The Balaban J connectivity index is 1.84. The highest BCUT2D eigenvalue weighted by molar-refractivity contribution is 7.80. The van der Waals surface area contributed by atoms with E-state index in [1.807, 2.05) is 42.5 Å². The topological polar surface area (TPSA) is 66.8 Å². The summed E-state index contributed by atoms with van der Waals surface area (Å²) in [6.45, 7) is 0.179. The van der Waals surface area contributed by atoms with E-state index < -0.39 is 17.2 Å². The minimum atomic E-state index is -2.21. The van der Waals surface area contributed by atoms with E-state index in [9.17, 15) is 13.6 Å². The van der Waals surface area contributed by atoms with Gasteiger partial charge in [0.2, 0.25) is 0 Å². The lowest BCUT2D eigenvalue weighted by Crippen LogP contribution is -2.24.